The van der Waals surface area contributed by atoms with E-state index >= 15 is 0 Å². The van der Waals surface area contributed by atoms with Crippen molar-refractivity contribution in [2.24, 2.45) is 0 Å². The van der Waals surface area contributed by atoms with Crippen molar-refractivity contribution in [3.8, 4) is 0 Å². The van der Waals surface area contributed by atoms with Crippen molar-refractivity contribution in [1.29, 1.82) is 0 Å². The molecule has 0 aliphatic carbocycles. The third-order valence-corrected chi connectivity index (χ3v) is 5.31. The van der Waals surface area contributed by atoms with Gasteiger partial charge in [0.1, 0.15) is 0 Å². The topological polar surface area (TPSA) is 36.8 Å². The molecule has 0 spiro atoms. The van der Waals surface area contributed by atoms with E-state index in [1.54, 1.807) is 6.92 Å². The Bertz CT molecular complexity index is 835. The number of piperazine rings is 1. The molecule has 1 aliphatic heterocycles. The van der Waals surface area contributed by atoms with Gasteiger partial charge in [-0.25, -0.2) is 0 Å². The summed E-state index contributed by atoms with van der Waals surface area (Å²) in [5.41, 5.74) is -0.0112. The summed E-state index contributed by atoms with van der Waals surface area (Å²) in [6.07, 6.45) is -4.51. The number of carbonyl (C=O) groups excluding carboxylic acids is 1. The molecule has 0 unspecified atom stereocenters. The van der Waals surface area contributed by atoms with Crippen LogP contribution in [-0.4, -0.2) is 38.1 Å². The lowest BCUT2D eigenvalue weighted by atomic mass is 10.1. The van der Waals surface area contributed by atoms with Gasteiger partial charge in [-0.05, 0) is 37.3 Å². The molecule has 0 saturated carbocycles. The van der Waals surface area contributed by atoms with E-state index in [0.29, 0.717) is 18.1 Å². The molecule has 0 aromatic heterocycles. The number of para-hydroxylation sites is 1. The van der Waals surface area contributed by atoms with Gasteiger partial charge < -0.3 is 15.1 Å². The highest BCUT2D eigenvalue weighted by Crippen LogP contribution is 2.34. The van der Waals surface area contributed by atoms with Crippen molar-refractivity contribution in [3.63, 3.8) is 0 Å². The van der Waals surface area contributed by atoms with Gasteiger partial charge in [-0.1, -0.05) is 29.8 Å². The Labute approximate surface area is 166 Å². The van der Waals surface area contributed by atoms with Gasteiger partial charge in [0.05, 0.1) is 37.4 Å². The predicted octanol–water partition coefficient (Wildman–Crippen LogP) is 3.09. The summed E-state index contributed by atoms with van der Waals surface area (Å²) >= 11 is 6.04. The van der Waals surface area contributed by atoms with Crippen LogP contribution in [0.1, 0.15) is 12.5 Å². The maximum absolute atomic E-state index is 13.1. The fourth-order valence-electron chi connectivity index (χ4n) is 3.42. The molecule has 4 nitrogen and oxygen atoms in total. The van der Waals surface area contributed by atoms with Crippen LogP contribution in [0.4, 0.5) is 24.5 Å². The minimum atomic E-state index is -4.51. The van der Waals surface area contributed by atoms with E-state index in [9.17, 15) is 18.0 Å². The monoisotopic (exact) mass is 412 g/mol. The molecule has 1 atom stereocenters. The summed E-state index contributed by atoms with van der Waals surface area (Å²) in [5.74, 6) is -0.414. The van der Waals surface area contributed by atoms with Crippen LogP contribution in [0.5, 0.6) is 0 Å². The number of hydrogen-bond acceptors (Lipinski definition) is 2. The normalized spacial score (nSPS) is 16.7. The van der Waals surface area contributed by atoms with Crippen LogP contribution in [-0.2, 0) is 11.0 Å². The molecule has 1 saturated heterocycles. The molecule has 1 heterocycles. The quantitative estimate of drug-likeness (QED) is 0.809. The van der Waals surface area contributed by atoms with E-state index in [4.69, 9.17) is 11.6 Å². The van der Waals surface area contributed by atoms with Crippen LogP contribution in [0.25, 0.3) is 0 Å². The number of carbonyl (C=O) groups is 1. The molecule has 28 heavy (non-hydrogen) atoms. The molecule has 0 radical (unpaired) electrons. The van der Waals surface area contributed by atoms with Crippen LogP contribution in [0.15, 0.2) is 48.5 Å². The summed E-state index contributed by atoms with van der Waals surface area (Å²) in [4.78, 5) is 15.8. The minimum absolute atomic E-state index is 0.205. The first kappa shape index (κ1) is 20.5. The van der Waals surface area contributed by atoms with Gasteiger partial charge >= 0.3 is 6.18 Å². The highest BCUT2D eigenvalue weighted by atomic mass is 35.5. The lowest BCUT2D eigenvalue weighted by Gasteiger charge is -2.36. The van der Waals surface area contributed by atoms with Gasteiger partial charge in [-0.2, -0.15) is 13.2 Å². The van der Waals surface area contributed by atoms with Crippen LogP contribution in [0.2, 0.25) is 5.02 Å². The van der Waals surface area contributed by atoms with Gasteiger partial charge in [0, 0.05) is 10.7 Å². The van der Waals surface area contributed by atoms with Crippen LogP contribution in [0, 0.1) is 0 Å². The molecule has 8 heteroatoms. The molecule has 0 bridgehead atoms. The van der Waals surface area contributed by atoms with Crippen molar-refractivity contribution in [2.75, 3.05) is 36.4 Å². The summed E-state index contributed by atoms with van der Waals surface area (Å²) in [6.45, 7) is 4.65. The van der Waals surface area contributed by atoms with Gasteiger partial charge in [0.15, 0.2) is 6.04 Å². The number of amides is 1. The first-order valence-electron chi connectivity index (χ1n) is 9.08. The average molecular weight is 413 g/mol. The van der Waals surface area contributed by atoms with Gasteiger partial charge in [-0.3, -0.25) is 4.79 Å². The number of nitrogens with zero attached hydrogens (tertiary/aromatic N) is 1. The van der Waals surface area contributed by atoms with E-state index < -0.39 is 23.7 Å². The zero-order valence-corrected chi connectivity index (χ0v) is 16.1. The first-order valence-corrected chi connectivity index (χ1v) is 9.45. The Hall–Kier alpha value is -2.25. The van der Waals surface area contributed by atoms with Crippen molar-refractivity contribution in [2.45, 2.75) is 19.1 Å². The van der Waals surface area contributed by atoms with E-state index in [-0.39, 0.29) is 5.69 Å². The second kappa shape index (κ2) is 8.41. The Morgan fingerprint density at radius 1 is 1.14 bits per heavy atom. The van der Waals surface area contributed by atoms with E-state index in [1.807, 2.05) is 24.3 Å². The lowest BCUT2D eigenvalue weighted by molar-refractivity contribution is -0.914. The van der Waals surface area contributed by atoms with Gasteiger partial charge in [-0.15, -0.1) is 0 Å². The number of nitrogens with one attached hydrogen (secondary N) is 2. The standard InChI is InChI=1S/C20H21ClF3N3O/c1-14(19(28)25-18-8-3-2-7-17(18)20(22,23)24)26-9-11-27(12-10-26)16-6-4-5-15(21)13-16/h2-8,13-14H,9-12H2,1H3,(H,25,28)/p+1/t14-/m1/s1. The molecule has 2 aromatic carbocycles. The smallest absolute Gasteiger partial charge is 0.360 e. The molecule has 150 valence electrons. The maximum atomic E-state index is 13.1. The fraction of sp³-hybridized carbons (Fsp3) is 0.350. The van der Waals surface area contributed by atoms with Crippen molar-refractivity contribution >= 4 is 28.9 Å². The minimum Gasteiger partial charge on any atom is -0.360 e. The highest BCUT2D eigenvalue weighted by Gasteiger charge is 2.35. The highest BCUT2D eigenvalue weighted by molar-refractivity contribution is 6.30. The Morgan fingerprint density at radius 3 is 2.46 bits per heavy atom. The van der Waals surface area contributed by atoms with E-state index in [2.05, 4.69) is 10.2 Å². The van der Waals surface area contributed by atoms with Crippen LogP contribution >= 0.6 is 11.6 Å². The SMILES string of the molecule is C[C@H](C(=O)Nc1ccccc1C(F)(F)F)[NH+]1CCN(c2cccc(Cl)c2)CC1. The molecule has 1 aliphatic rings. The Kier molecular flexibility index (Phi) is 6.15. The van der Waals surface area contributed by atoms with Crippen molar-refractivity contribution < 1.29 is 22.9 Å². The summed E-state index contributed by atoms with van der Waals surface area (Å²) in [5, 5.41) is 3.12. The molecular formula is C20H22ClF3N3O+. The van der Waals surface area contributed by atoms with Crippen molar-refractivity contribution in [1.82, 2.24) is 0 Å². The zero-order valence-electron chi connectivity index (χ0n) is 15.4. The number of quaternary nitrogens is 1. The fourth-order valence-corrected chi connectivity index (χ4v) is 3.61. The largest absolute Gasteiger partial charge is 0.418 e. The number of halogens is 4. The maximum Gasteiger partial charge on any atom is 0.418 e. The number of anilines is 2. The Balaban J connectivity index is 1.61. The van der Waals surface area contributed by atoms with Gasteiger partial charge in [0.25, 0.3) is 5.91 Å². The van der Waals surface area contributed by atoms with Crippen LogP contribution in [0.3, 0.4) is 0 Å². The molecular weight excluding hydrogens is 391 g/mol. The summed E-state index contributed by atoms with van der Waals surface area (Å²) in [7, 11) is 0. The number of rotatable bonds is 4. The molecule has 2 aromatic rings. The molecule has 1 amide bonds. The molecule has 3 rings (SSSR count). The second-order valence-electron chi connectivity index (χ2n) is 6.88. The zero-order chi connectivity index (χ0) is 20.3. The second-order valence-corrected chi connectivity index (χ2v) is 7.32. The molecule has 2 N–H and O–H groups in total. The molecule has 1 fully saturated rings. The van der Waals surface area contributed by atoms with E-state index in [1.165, 1.54) is 18.2 Å². The predicted molar refractivity (Wildman–Crippen MR) is 104 cm³/mol. The summed E-state index contributed by atoms with van der Waals surface area (Å²) < 4.78 is 39.3. The Morgan fingerprint density at radius 2 is 1.82 bits per heavy atom. The first-order chi connectivity index (χ1) is 13.3. The number of hydrogen-bond donors (Lipinski definition) is 2. The third kappa shape index (κ3) is 4.77. The van der Waals surface area contributed by atoms with E-state index in [0.717, 1.165) is 29.7 Å². The van der Waals surface area contributed by atoms with Crippen LogP contribution < -0.4 is 15.1 Å². The van der Waals surface area contributed by atoms with Gasteiger partial charge in [0.2, 0.25) is 0 Å². The number of alkyl halides is 3. The average Bonchev–Trinajstić information content (AvgIpc) is 2.67. The lowest BCUT2D eigenvalue weighted by Crippen LogP contribution is -3.19. The summed E-state index contributed by atoms with van der Waals surface area (Å²) in [6, 6.07) is 12.2. The van der Waals surface area contributed by atoms with Crippen molar-refractivity contribution in [3.05, 3.63) is 59.1 Å². The number of benzene rings is 2. The third-order valence-electron chi connectivity index (χ3n) is 5.08.